The number of rotatable bonds is 5. The molecule has 0 atom stereocenters. The van der Waals surface area contributed by atoms with E-state index in [4.69, 9.17) is 11.6 Å². The first-order valence-corrected chi connectivity index (χ1v) is 7.18. The van der Waals surface area contributed by atoms with Crippen LogP contribution in [0.2, 0.25) is 5.02 Å². The van der Waals surface area contributed by atoms with Crippen LogP contribution in [0.5, 0.6) is 0 Å². The number of nitrogens with zero attached hydrogens (tertiary/aromatic N) is 1. The Labute approximate surface area is 127 Å². The van der Waals surface area contributed by atoms with Gasteiger partial charge in [-0.15, -0.1) is 6.58 Å². The third-order valence-corrected chi connectivity index (χ3v) is 4.00. The third-order valence-electron chi connectivity index (χ3n) is 2.47. The van der Waals surface area contributed by atoms with Crippen LogP contribution in [-0.2, 0) is 0 Å². The van der Waals surface area contributed by atoms with Crippen molar-refractivity contribution < 1.29 is 4.79 Å². The molecule has 2 aromatic rings. The molecule has 0 saturated carbocycles. The van der Waals surface area contributed by atoms with E-state index < -0.39 is 0 Å². The van der Waals surface area contributed by atoms with Gasteiger partial charge in [0, 0.05) is 17.6 Å². The summed E-state index contributed by atoms with van der Waals surface area (Å²) >= 11 is 7.50. The van der Waals surface area contributed by atoms with E-state index in [1.165, 1.54) is 11.8 Å². The Morgan fingerprint density at radius 2 is 2.15 bits per heavy atom. The number of amides is 1. The molecule has 20 heavy (non-hydrogen) atoms. The predicted octanol–water partition coefficient (Wildman–Crippen LogP) is 3.80. The van der Waals surface area contributed by atoms with E-state index in [0.717, 1.165) is 4.90 Å². The molecule has 1 amide bonds. The van der Waals surface area contributed by atoms with Gasteiger partial charge in [-0.05, 0) is 24.3 Å². The quantitative estimate of drug-likeness (QED) is 0.854. The number of benzene rings is 1. The summed E-state index contributed by atoms with van der Waals surface area (Å²) < 4.78 is 0. The first kappa shape index (κ1) is 14.6. The number of halogens is 1. The van der Waals surface area contributed by atoms with Gasteiger partial charge in [0.1, 0.15) is 5.03 Å². The van der Waals surface area contributed by atoms with E-state index >= 15 is 0 Å². The second kappa shape index (κ2) is 7.12. The average Bonchev–Trinajstić information content (AvgIpc) is 2.48. The Kier molecular flexibility index (Phi) is 5.21. The molecule has 0 bridgehead atoms. The molecule has 1 N–H and O–H groups in total. The van der Waals surface area contributed by atoms with E-state index in [0.29, 0.717) is 22.2 Å². The fourth-order valence-electron chi connectivity index (χ4n) is 1.54. The third kappa shape index (κ3) is 3.62. The molecule has 0 aliphatic rings. The fourth-order valence-corrected chi connectivity index (χ4v) is 2.69. The van der Waals surface area contributed by atoms with Crippen LogP contribution >= 0.6 is 23.4 Å². The second-order valence-electron chi connectivity index (χ2n) is 3.89. The highest BCUT2D eigenvalue weighted by molar-refractivity contribution is 7.99. The lowest BCUT2D eigenvalue weighted by molar-refractivity contribution is 0.0954. The maximum Gasteiger partial charge on any atom is 0.254 e. The number of carbonyl (C=O) groups excluding carboxylic acids is 1. The molecule has 0 saturated heterocycles. The fraction of sp³-hybridized carbons (Fsp3) is 0.0667. The first-order chi connectivity index (χ1) is 9.72. The molecule has 0 aliphatic heterocycles. The summed E-state index contributed by atoms with van der Waals surface area (Å²) in [6.07, 6.45) is 3.29. The van der Waals surface area contributed by atoms with Crippen LogP contribution in [-0.4, -0.2) is 17.4 Å². The zero-order chi connectivity index (χ0) is 14.4. The van der Waals surface area contributed by atoms with Crippen molar-refractivity contribution in [3.8, 4) is 0 Å². The lowest BCUT2D eigenvalue weighted by Gasteiger charge is -2.08. The van der Waals surface area contributed by atoms with Crippen LogP contribution in [0.25, 0.3) is 0 Å². The molecule has 5 heteroatoms. The molecule has 0 fully saturated rings. The second-order valence-corrected chi connectivity index (χ2v) is 5.33. The van der Waals surface area contributed by atoms with Crippen LogP contribution in [0.4, 0.5) is 0 Å². The molecule has 0 radical (unpaired) electrons. The highest BCUT2D eigenvalue weighted by Crippen LogP contribution is 2.33. The highest BCUT2D eigenvalue weighted by atomic mass is 35.5. The van der Waals surface area contributed by atoms with Crippen LogP contribution in [0.15, 0.2) is 65.2 Å². The van der Waals surface area contributed by atoms with E-state index in [1.807, 2.05) is 24.3 Å². The summed E-state index contributed by atoms with van der Waals surface area (Å²) in [5.41, 5.74) is 0.527. The number of nitrogens with one attached hydrogen (secondary N) is 1. The molecular formula is C15H13ClN2OS. The monoisotopic (exact) mass is 304 g/mol. The van der Waals surface area contributed by atoms with Gasteiger partial charge in [0.15, 0.2) is 0 Å². The van der Waals surface area contributed by atoms with Crippen molar-refractivity contribution in [2.75, 3.05) is 6.54 Å². The van der Waals surface area contributed by atoms with Crippen molar-refractivity contribution >= 4 is 29.3 Å². The minimum Gasteiger partial charge on any atom is -0.348 e. The van der Waals surface area contributed by atoms with Crippen molar-refractivity contribution in [1.82, 2.24) is 10.3 Å². The van der Waals surface area contributed by atoms with Crippen molar-refractivity contribution in [3.63, 3.8) is 0 Å². The van der Waals surface area contributed by atoms with Gasteiger partial charge in [0.05, 0.1) is 10.6 Å². The van der Waals surface area contributed by atoms with Gasteiger partial charge in [-0.3, -0.25) is 4.79 Å². The van der Waals surface area contributed by atoms with Crippen molar-refractivity contribution in [1.29, 1.82) is 0 Å². The van der Waals surface area contributed by atoms with E-state index in [1.54, 1.807) is 24.4 Å². The minimum atomic E-state index is -0.174. The van der Waals surface area contributed by atoms with Gasteiger partial charge in [0.2, 0.25) is 0 Å². The lowest BCUT2D eigenvalue weighted by atomic mass is 10.2. The van der Waals surface area contributed by atoms with Gasteiger partial charge < -0.3 is 5.32 Å². The maximum atomic E-state index is 12.1. The zero-order valence-corrected chi connectivity index (χ0v) is 12.2. The largest absolute Gasteiger partial charge is 0.348 e. The summed E-state index contributed by atoms with van der Waals surface area (Å²) in [4.78, 5) is 17.2. The normalized spacial score (nSPS) is 10.1. The van der Waals surface area contributed by atoms with Crippen LogP contribution < -0.4 is 5.32 Å². The van der Waals surface area contributed by atoms with Crippen LogP contribution in [0.3, 0.4) is 0 Å². The Morgan fingerprint density at radius 3 is 2.90 bits per heavy atom. The van der Waals surface area contributed by atoms with Gasteiger partial charge in [-0.25, -0.2) is 4.98 Å². The summed E-state index contributed by atoms with van der Waals surface area (Å²) in [7, 11) is 0. The summed E-state index contributed by atoms with van der Waals surface area (Å²) in [6, 6.07) is 10.9. The summed E-state index contributed by atoms with van der Waals surface area (Å²) in [5, 5.41) is 4.01. The molecule has 0 unspecified atom stereocenters. The first-order valence-electron chi connectivity index (χ1n) is 5.99. The Hall–Kier alpha value is -1.78. The molecule has 1 aromatic carbocycles. The predicted molar refractivity (Wildman–Crippen MR) is 82.3 cm³/mol. The average molecular weight is 305 g/mol. The van der Waals surface area contributed by atoms with Crippen molar-refractivity contribution in [3.05, 3.63) is 65.8 Å². The maximum absolute atomic E-state index is 12.1. The Morgan fingerprint density at radius 1 is 1.35 bits per heavy atom. The topological polar surface area (TPSA) is 42.0 Å². The SMILES string of the molecule is C=CCNC(=O)c1cccnc1Sc1ccccc1Cl. The molecule has 2 rings (SSSR count). The summed E-state index contributed by atoms with van der Waals surface area (Å²) in [6.45, 7) is 4.00. The van der Waals surface area contributed by atoms with Crippen LogP contribution in [0.1, 0.15) is 10.4 Å². The number of carbonyl (C=O) groups is 1. The van der Waals surface area contributed by atoms with Crippen LogP contribution in [0, 0.1) is 0 Å². The van der Waals surface area contributed by atoms with Gasteiger partial charge in [0.25, 0.3) is 5.91 Å². The molecule has 3 nitrogen and oxygen atoms in total. The van der Waals surface area contributed by atoms with Gasteiger partial charge in [-0.1, -0.05) is 41.6 Å². The molecule has 102 valence electrons. The highest BCUT2D eigenvalue weighted by Gasteiger charge is 2.13. The van der Waals surface area contributed by atoms with Crippen molar-refractivity contribution in [2.45, 2.75) is 9.92 Å². The van der Waals surface area contributed by atoms with Gasteiger partial charge in [-0.2, -0.15) is 0 Å². The Bertz CT molecular complexity index is 631. The standard InChI is InChI=1S/C15H13ClN2OS/c1-2-9-17-14(19)11-6-5-10-18-15(11)20-13-8-4-3-7-12(13)16/h2-8,10H,1,9H2,(H,17,19). The van der Waals surface area contributed by atoms with Gasteiger partial charge >= 0.3 is 0 Å². The molecule has 1 heterocycles. The zero-order valence-electron chi connectivity index (χ0n) is 10.7. The molecule has 0 spiro atoms. The number of aromatic nitrogens is 1. The van der Waals surface area contributed by atoms with E-state index in [9.17, 15) is 4.79 Å². The molecule has 1 aromatic heterocycles. The lowest BCUT2D eigenvalue weighted by Crippen LogP contribution is -2.24. The van der Waals surface area contributed by atoms with Crippen molar-refractivity contribution in [2.24, 2.45) is 0 Å². The molecular weight excluding hydrogens is 292 g/mol. The smallest absolute Gasteiger partial charge is 0.254 e. The molecule has 0 aliphatic carbocycles. The minimum absolute atomic E-state index is 0.174. The number of hydrogen-bond acceptors (Lipinski definition) is 3. The van der Waals surface area contributed by atoms with E-state index in [-0.39, 0.29) is 5.91 Å². The number of pyridine rings is 1. The number of hydrogen-bond donors (Lipinski definition) is 1. The van der Waals surface area contributed by atoms with E-state index in [2.05, 4.69) is 16.9 Å². The summed E-state index contributed by atoms with van der Waals surface area (Å²) in [5.74, 6) is -0.174. The Balaban J connectivity index is 2.26.